The summed E-state index contributed by atoms with van der Waals surface area (Å²) in [7, 11) is -4.03. The van der Waals surface area contributed by atoms with E-state index in [9.17, 15) is 27.9 Å². The Morgan fingerprint density at radius 2 is 1.63 bits per heavy atom. The van der Waals surface area contributed by atoms with E-state index < -0.39 is 40.0 Å². The highest BCUT2D eigenvalue weighted by atomic mass is 32.2. The first kappa shape index (κ1) is 30.8. The van der Waals surface area contributed by atoms with Gasteiger partial charge in [0.2, 0.25) is 15.9 Å². The van der Waals surface area contributed by atoms with E-state index in [4.69, 9.17) is 5.73 Å². The second-order valence-electron chi connectivity index (χ2n) is 9.68. The highest BCUT2D eigenvalue weighted by molar-refractivity contribution is 7.89. The van der Waals surface area contributed by atoms with Gasteiger partial charge in [-0.05, 0) is 49.8 Å². The van der Waals surface area contributed by atoms with Crippen LogP contribution in [-0.4, -0.2) is 60.9 Å². The van der Waals surface area contributed by atoms with Gasteiger partial charge < -0.3 is 21.5 Å². The van der Waals surface area contributed by atoms with Gasteiger partial charge in [-0.15, -0.1) is 0 Å². The Kier molecular flexibility index (Phi) is 11.7. The number of sulfonamides is 1. The fourth-order valence-electron chi connectivity index (χ4n) is 3.94. The van der Waals surface area contributed by atoms with Crippen LogP contribution in [0.3, 0.4) is 0 Å². The molecule has 208 valence electrons. The normalized spacial score (nSPS) is 13.2. The van der Waals surface area contributed by atoms with Crippen LogP contribution in [0.1, 0.15) is 44.2 Å². The van der Waals surface area contributed by atoms with Crippen molar-refractivity contribution in [3.8, 4) is 0 Å². The van der Waals surface area contributed by atoms with Crippen molar-refractivity contribution in [2.24, 2.45) is 11.7 Å². The Labute approximate surface area is 224 Å². The van der Waals surface area contributed by atoms with Gasteiger partial charge in [0.25, 0.3) is 0 Å². The van der Waals surface area contributed by atoms with Gasteiger partial charge in [0.05, 0.1) is 4.90 Å². The summed E-state index contributed by atoms with van der Waals surface area (Å²) in [6, 6.07) is 12.8. The Balaban J connectivity index is 1.95. The van der Waals surface area contributed by atoms with Crippen molar-refractivity contribution in [2.45, 2.75) is 63.4 Å². The molecule has 0 aliphatic carbocycles. The smallest absolute Gasteiger partial charge is 0.322 e. The second-order valence-corrected chi connectivity index (χ2v) is 11.6. The molecule has 2 atom stereocenters. The van der Waals surface area contributed by atoms with Gasteiger partial charge in [-0.1, -0.05) is 61.9 Å². The molecule has 0 saturated carbocycles. The van der Waals surface area contributed by atoms with Crippen molar-refractivity contribution in [3.05, 3.63) is 65.7 Å². The number of amides is 3. The number of nitrogens with two attached hydrogens (primary N) is 1. The van der Waals surface area contributed by atoms with Crippen molar-refractivity contribution < 1.29 is 27.9 Å². The number of urea groups is 1. The summed E-state index contributed by atoms with van der Waals surface area (Å²) in [4.78, 5) is 36.2. The molecule has 0 aliphatic heterocycles. The maximum atomic E-state index is 13.4. The first-order valence-corrected chi connectivity index (χ1v) is 14.0. The van der Waals surface area contributed by atoms with Crippen LogP contribution in [0.25, 0.3) is 0 Å². The lowest BCUT2D eigenvalue weighted by molar-refractivity contribution is -0.141. The Hall–Kier alpha value is -3.44. The van der Waals surface area contributed by atoms with Gasteiger partial charge in [0.1, 0.15) is 12.1 Å². The molecule has 5 N–H and O–H groups in total. The predicted octanol–water partition coefficient (Wildman–Crippen LogP) is 2.66. The molecule has 0 fully saturated rings. The van der Waals surface area contributed by atoms with Crippen LogP contribution in [0.2, 0.25) is 0 Å². The quantitative estimate of drug-likeness (QED) is 0.251. The molecule has 38 heavy (non-hydrogen) atoms. The molecule has 10 nitrogen and oxygen atoms in total. The summed E-state index contributed by atoms with van der Waals surface area (Å²) in [5.74, 6) is -1.97. The maximum absolute atomic E-state index is 13.4. The van der Waals surface area contributed by atoms with Gasteiger partial charge in [0.15, 0.2) is 0 Å². The Morgan fingerprint density at radius 1 is 1.00 bits per heavy atom. The topological polar surface area (TPSA) is 159 Å². The maximum Gasteiger partial charge on any atom is 0.322 e. The molecule has 2 aromatic rings. The van der Waals surface area contributed by atoms with Crippen LogP contribution >= 0.6 is 0 Å². The number of unbranched alkanes of at least 4 members (excludes halogenated alkanes) is 1. The van der Waals surface area contributed by atoms with Gasteiger partial charge in [-0.25, -0.2) is 13.2 Å². The predicted molar refractivity (Wildman–Crippen MR) is 145 cm³/mol. The average Bonchev–Trinajstić information content (AvgIpc) is 2.85. The largest absolute Gasteiger partial charge is 0.480 e. The molecule has 0 bridgehead atoms. The molecule has 3 amide bonds. The molecule has 0 spiro atoms. The Morgan fingerprint density at radius 3 is 2.18 bits per heavy atom. The van der Waals surface area contributed by atoms with Gasteiger partial charge in [-0.3, -0.25) is 9.59 Å². The number of carbonyl (C=O) groups is 3. The summed E-state index contributed by atoms with van der Waals surface area (Å²) in [6.07, 6.45) is 1.11. The van der Waals surface area contributed by atoms with Crippen molar-refractivity contribution in [3.63, 3.8) is 0 Å². The number of nitrogens with zero attached hydrogens (tertiary/aromatic N) is 1. The molecule has 0 radical (unpaired) electrons. The van der Waals surface area contributed by atoms with E-state index in [1.165, 1.54) is 12.1 Å². The highest BCUT2D eigenvalue weighted by Gasteiger charge is 2.36. The number of carboxylic acids is 1. The zero-order valence-electron chi connectivity index (χ0n) is 22.1. The van der Waals surface area contributed by atoms with Crippen LogP contribution in [0.4, 0.5) is 4.79 Å². The first-order chi connectivity index (χ1) is 17.9. The fraction of sp³-hybridized carbons (Fsp3) is 0.444. The lowest BCUT2D eigenvalue weighted by Gasteiger charge is -2.29. The van der Waals surface area contributed by atoms with Crippen molar-refractivity contribution in [1.29, 1.82) is 0 Å². The van der Waals surface area contributed by atoms with Crippen molar-refractivity contribution in [2.75, 3.05) is 13.1 Å². The second kappa shape index (κ2) is 14.5. The number of carbonyl (C=O) groups excluding carboxylic acids is 2. The van der Waals surface area contributed by atoms with Gasteiger partial charge >= 0.3 is 12.0 Å². The van der Waals surface area contributed by atoms with E-state index >= 15 is 0 Å². The van der Waals surface area contributed by atoms with Crippen LogP contribution < -0.4 is 16.4 Å². The summed E-state index contributed by atoms with van der Waals surface area (Å²) < 4.78 is 27.8. The molecule has 11 heteroatoms. The molecular weight excluding hydrogens is 508 g/mol. The number of nitrogens with one attached hydrogen (secondary N) is 2. The SMILES string of the molecule is Cc1ccc(S(=O)(=O)N(CC(C)C)[C@@H](CCCCNC(=O)N[C@H](Cc2ccccc2)C(N)=O)C(=O)O)cc1. The standard InChI is InChI=1S/C27H38N4O6S/c1-19(2)18-31(38(36,37)22-14-12-20(3)13-15-22)24(26(33)34)11-7-8-16-29-27(35)30-23(25(28)32)17-21-9-5-4-6-10-21/h4-6,9-10,12-15,19,23-24H,7-8,11,16-18H2,1-3H3,(H2,28,32)(H,33,34)(H2,29,30,35)/t23-,24+/m1/s1. The minimum absolute atomic E-state index is 0.0489. The molecule has 0 saturated heterocycles. The lowest BCUT2D eigenvalue weighted by Crippen LogP contribution is -2.49. The number of benzene rings is 2. The summed E-state index contributed by atoms with van der Waals surface area (Å²) in [5, 5.41) is 15.1. The lowest BCUT2D eigenvalue weighted by atomic mass is 10.1. The van der Waals surface area contributed by atoms with E-state index in [2.05, 4.69) is 10.6 Å². The Bertz CT molecular complexity index is 1170. The summed E-state index contributed by atoms with van der Waals surface area (Å²) in [5.41, 5.74) is 7.17. The number of rotatable bonds is 15. The molecule has 0 aromatic heterocycles. The number of hydrogen-bond donors (Lipinski definition) is 4. The highest BCUT2D eigenvalue weighted by Crippen LogP contribution is 2.23. The number of primary amides is 1. The number of aryl methyl sites for hydroxylation is 1. The van der Waals surface area contributed by atoms with E-state index in [1.54, 1.807) is 12.1 Å². The summed E-state index contributed by atoms with van der Waals surface area (Å²) in [6.45, 7) is 5.77. The van der Waals surface area contributed by atoms with Crippen molar-refractivity contribution in [1.82, 2.24) is 14.9 Å². The third-order valence-electron chi connectivity index (χ3n) is 5.93. The van der Waals surface area contributed by atoms with E-state index in [1.807, 2.05) is 51.1 Å². The van der Waals surface area contributed by atoms with Gasteiger partial charge in [0, 0.05) is 19.5 Å². The van der Waals surface area contributed by atoms with Crippen LogP contribution in [0.5, 0.6) is 0 Å². The minimum Gasteiger partial charge on any atom is -0.480 e. The zero-order chi connectivity index (χ0) is 28.3. The van der Waals surface area contributed by atoms with Crippen LogP contribution in [0, 0.1) is 12.8 Å². The fourth-order valence-corrected chi connectivity index (χ4v) is 5.71. The van der Waals surface area contributed by atoms with Gasteiger partial charge in [-0.2, -0.15) is 4.31 Å². The number of aliphatic carboxylic acids is 1. The van der Waals surface area contributed by atoms with Crippen LogP contribution in [-0.2, 0) is 26.0 Å². The molecule has 2 rings (SSSR count). The molecule has 2 aromatic carbocycles. The molecule has 0 heterocycles. The van der Waals surface area contributed by atoms with Crippen LogP contribution in [0.15, 0.2) is 59.5 Å². The molecular formula is C27H38N4O6S. The number of hydrogen-bond acceptors (Lipinski definition) is 5. The zero-order valence-corrected chi connectivity index (χ0v) is 22.9. The van der Waals surface area contributed by atoms with E-state index in [0.29, 0.717) is 12.8 Å². The molecule has 0 aliphatic rings. The minimum atomic E-state index is -4.03. The van der Waals surface area contributed by atoms with E-state index in [0.717, 1.165) is 15.4 Å². The first-order valence-electron chi connectivity index (χ1n) is 12.6. The summed E-state index contributed by atoms with van der Waals surface area (Å²) >= 11 is 0. The third-order valence-corrected chi connectivity index (χ3v) is 7.82. The van der Waals surface area contributed by atoms with Crippen molar-refractivity contribution >= 4 is 27.9 Å². The third kappa shape index (κ3) is 9.46. The number of carboxylic acid groups (broad SMARTS) is 1. The monoisotopic (exact) mass is 546 g/mol. The van der Waals surface area contributed by atoms with E-state index in [-0.39, 0.29) is 36.7 Å². The molecule has 0 unspecified atom stereocenters. The average molecular weight is 547 g/mol.